The highest BCUT2D eigenvalue weighted by atomic mass is 28.4. The van der Waals surface area contributed by atoms with Gasteiger partial charge in [-0.1, -0.05) is 48.5 Å². The molecule has 1 N–H and O–H groups in total. The monoisotopic (exact) mass is 459 g/mol. The average molecular weight is 460 g/mol. The fourth-order valence-corrected chi connectivity index (χ4v) is 5.59. The molecule has 184 valence electrons. The van der Waals surface area contributed by atoms with E-state index in [4.69, 9.17) is 13.9 Å². The molecule has 0 saturated carbocycles. The van der Waals surface area contributed by atoms with Gasteiger partial charge in [0.1, 0.15) is 0 Å². The predicted octanol–water partition coefficient (Wildman–Crippen LogP) is 4.52. The first-order chi connectivity index (χ1) is 13.8. The molecule has 1 saturated heterocycles. The maximum atomic E-state index is 12.6. The van der Waals surface area contributed by atoms with Gasteiger partial charge in [0, 0.05) is 31.8 Å². The summed E-state index contributed by atoms with van der Waals surface area (Å²) in [5.74, 6) is -1.23. The molecular weight excluding hydrogens is 410 g/mol. The topological polar surface area (TPSA) is 68.2 Å². The van der Waals surface area contributed by atoms with Gasteiger partial charge in [0.15, 0.2) is 14.1 Å². The van der Waals surface area contributed by atoms with Crippen molar-refractivity contribution >= 4 is 14.2 Å². The molecule has 1 aliphatic heterocycles. The molecule has 7 atom stereocenters. The zero-order valence-corrected chi connectivity index (χ0v) is 23.3. The van der Waals surface area contributed by atoms with Gasteiger partial charge in [-0.3, -0.25) is 4.79 Å². The third kappa shape index (κ3) is 7.00. The number of aliphatic hydroxyl groups excluding tert-OH is 1. The Bertz CT molecular complexity index is 601. The summed E-state index contributed by atoms with van der Waals surface area (Å²) in [6.07, 6.45) is -1.11. The van der Waals surface area contributed by atoms with Gasteiger partial charge in [-0.15, -0.1) is 0 Å². The lowest BCUT2D eigenvalue weighted by Crippen LogP contribution is -2.56. The Balaban J connectivity index is 3.29. The van der Waals surface area contributed by atoms with Gasteiger partial charge in [0.2, 0.25) is 5.91 Å². The van der Waals surface area contributed by atoms with Crippen LogP contribution >= 0.6 is 0 Å². The Kier molecular flexibility index (Phi) is 9.40. The summed E-state index contributed by atoms with van der Waals surface area (Å²) in [6.45, 7) is 23.7. The minimum absolute atomic E-state index is 0.0265. The molecule has 0 aromatic carbocycles. The summed E-state index contributed by atoms with van der Waals surface area (Å²) in [5.41, 5.74) is 0. The van der Waals surface area contributed by atoms with E-state index in [9.17, 15) is 9.90 Å². The van der Waals surface area contributed by atoms with Crippen molar-refractivity contribution < 1.29 is 23.8 Å². The minimum Gasteiger partial charge on any atom is -0.413 e. The summed E-state index contributed by atoms with van der Waals surface area (Å²) in [6, 6.07) is 0. The van der Waals surface area contributed by atoms with Crippen molar-refractivity contribution in [2.45, 2.75) is 105 Å². The van der Waals surface area contributed by atoms with Crippen LogP contribution in [0.1, 0.15) is 62.3 Å². The van der Waals surface area contributed by atoms with Crippen LogP contribution in [0.5, 0.6) is 0 Å². The molecule has 1 fully saturated rings. The maximum Gasteiger partial charge on any atom is 0.227 e. The summed E-state index contributed by atoms with van der Waals surface area (Å²) in [4.78, 5) is 14.1. The van der Waals surface area contributed by atoms with Crippen molar-refractivity contribution in [1.29, 1.82) is 0 Å². The van der Waals surface area contributed by atoms with E-state index in [0.717, 1.165) is 0 Å². The molecule has 0 spiro atoms. The average Bonchev–Trinajstić information content (AvgIpc) is 2.64. The first-order valence-corrected chi connectivity index (χ1v) is 14.6. The van der Waals surface area contributed by atoms with Crippen molar-refractivity contribution in [1.82, 2.24) is 4.90 Å². The van der Waals surface area contributed by atoms with Gasteiger partial charge < -0.3 is 23.9 Å². The fraction of sp³-hybridized carbons (Fsp3) is 0.958. The van der Waals surface area contributed by atoms with Crippen LogP contribution in [0.3, 0.4) is 0 Å². The van der Waals surface area contributed by atoms with Crippen LogP contribution in [0.4, 0.5) is 0 Å². The maximum absolute atomic E-state index is 12.6. The lowest BCUT2D eigenvalue weighted by Gasteiger charge is -2.49. The predicted molar refractivity (Wildman–Crippen MR) is 128 cm³/mol. The molecular formula is C24H49NO5Si. The SMILES string of the molecule is C[C@H]([C@@H](O)[C@@H](C)C(=O)N(C)C)[C@@H](O[Si](C)(C)C(C)(C)C)[C@H](C)[C@@H]1OC(C)(C)OC[C@H]1C. The third-order valence-electron chi connectivity index (χ3n) is 7.35. The molecule has 31 heavy (non-hydrogen) atoms. The van der Waals surface area contributed by atoms with Gasteiger partial charge >= 0.3 is 0 Å². The van der Waals surface area contributed by atoms with E-state index >= 15 is 0 Å². The Morgan fingerprint density at radius 1 is 1.19 bits per heavy atom. The van der Waals surface area contributed by atoms with E-state index in [1.54, 1.807) is 25.9 Å². The highest BCUT2D eigenvalue weighted by Gasteiger charge is 2.47. The van der Waals surface area contributed by atoms with Crippen LogP contribution in [0.15, 0.2) is 0 Å². The zero-order chi connectivity index (χ0) is 24.5. The van der Waals surface area contributed by atoms with Crippen molar-refractivity contribution in [2.24, 2.45) is 23.7 Å². The number of nitrogens with zero attached hydrogens (tertiary/aromatic N) is 1. The molecule has 0 bridgehead atoms. The lowest BCUT2D eigenvalue weighted by atomic mass is 9.79. The van der Waals surface area contributed by atoms with Crippen LogP contribution < -0.4 is 0 Å². The quantitative estimate of drug-likeness (QED) is 0.541. The van der Waals surface area contributed by atoms with E-state index in [0.29, 0.717) is 6.61 Å². The largest absolute Gasteiger partial charge is 0.413 e. The van der Waals surface area contributed by atoms with E-state index in [2.05, 4.69) is 47.7 Å². The number of carbonyl (C=O) groups is 1. The second-order valence-electron chi connectivity index (χ2n) is 11.8. The number of hydrogen-bond donors (Lipinski definition) is 1. The normalized spacial score (nSPS) is 27.2. The molecule has 1 heterocycles. The lowest BCUT2D eigenvalue weighted by molar-refractivity contribution is -0.304. The summed E-state index contributed by atoms with van der Waals surface area (Å²) in [7, 11) is 1.31. The Morgan fingerprint density at radius 2 is 1.71 bits per heavy atom. The van der Waals surface area contributed by atoms with E-state index < -0.39 is 26.1 Å². The summed E-state index contributed by atoms with van der Waals surface area (Å²) >= 11 is 0. The molecule has 0 aromatic heterocycles. The molecule has 0 unspecified atom stereocenters. The summed E-state index contributed by atoms with van der Waals surface area (Å²) in [5, 5.41) is 11.2. The van der Waals surface area contributed by atoms with E-state index in [1.165, 1.54) is 0 Å². The minimum atomic E-state index is -2.14. The van der Waals surface area contributed by atoms with Crippen molar-refractivity contribution in [3.8, 4) is 0 Å². The number of hydrogen-bond acceptors (Lipinski definition) is 5. The van der Waals surface area contributed by atoms with Crippen LogP contribution in [-0.4, -0.2) is 69.0 Å². The van der Waals surface area contributed by atoms with Crippen LogP contribution in [0.25, 0.3) is 0 Å². The molecule has 7 heteroatoms. The number of rotatable bonds is 8. The number of carbonyl (C=O) groups excluding carboxylic acids is 1. The van der Waals surface area contributed by atoms with Crippen molar-refractivity contribution in [3.05, 3.63) is 0 Å². The van der Waals surface area contributed by atoms with Crippen LogP contribution in [0, 0.1) is 23.7 Å². The second kappa shape index (κ2) is 10.2. The molecule has 1 aliphatic rings. The van der Waals surface area contributed by atoms with Crippen LogP contribution in [0.2, 0.25) is 18.1 Å². The highest BCUT2D eigenvalue weighted by molar-refractivity contribution is 6.74. The molecule has 0 radical (unpaired) electrons. The molecule has 0 aliphatic carbocycles. The van der Waals surface area contributed by atoms with Crippen molar-refractivity contribution in [2.75, 3.05) is 20.7 Å². The van der Waals surface area contributed by atoms with E-state index in [1.807, 2.05) is 20.8 Å². The van der Waals surface area contributed by atoms with Gasteiger partial charge in [0.05, 0.1) is 30.8 Å². The molecule has 6 nitrogen and oxygen atoms in total. The fourth-order valence-electron chi connectivity index (χ4n) is 4.13. The van der Waals surface area contributed by atoms with Gasteiger partial charge in [-0.25, -0.2) is 0 Å². The number of aliphatic hydroxyl groups is 1. The van der Waals surface area contributed by atoms with Gasteiger partial charge in [0.25, 0.3) is 0 Å². The first kappa shape index (κ1) is 28.6. The smallest absolute Gasteiger partial charge is 0.227 e. The van der Waals surface area contributed by atoms with Crippen molar-refractivity contribution in [3.63, 3.8) is 0 Å². The molecule has 1 rings (SSSR count). The zero-order valence-electron chi connectivity index (χ0n) is 22.3. The second-order valence-corrected chi connectivity index (χ2v) is 16.6. The highest BCUT2D eigenvalue weighted by Crippen LogP contribution is 2.42. The van der Waals surface area contributed by atoms with Crippen LogP contribution in [-0.2, 0) is 18.7 Å². The number of amides is 1. The molecule has 0 aromatic rings. The van der Waals surface area contributed by atoms with E-state index in [-0.39, 0.29) is 40.9 Å². The van der Waals surface area contributed by atoms with Gasteiger partial charge in [-0.05, 0) is 32.0 Å². The standard InChI is InChI=1S/C24H49NO5Si/c1-15-14-28-24(8,9)29-20(15)18(4)21(30-31(12,13)23(5,6)7)16(2)19(26)17(3)22(27)25(10)11/h15-21,26H,14H2,1-13H3/t15-,16-,17-,18-,19-,20-,21-/m1/s1. The van der Waals surface area contributed by atoms with Gasteiger partial charge in [-0.2, -0.15) is 0 Å². The first-order valence-electron chi connectivity index (χ1n) is 11.7. The Hall–Kier alpha value is -0.473. The summed E-state index contributed by atoms with van der Waals surface area (Å²) < 4.78 is 19.1. The Labute approximate surface area is 192 Å². The molecule has 1 amide bonds. The third-order valence-corrected chi connectivity index (χ3v) is 11.8. The number of ether oxygens (including phenoxy) is 2. The Morgan fingerprint density at radius 3 is 2.16 bits per heavy atom.